The molecule has 0 bridgehead atoms. The van der Waals surface area contributed by atoms with Gasteiger partial charge in [0, 0.05) is 23.0 Å². The zero-order chi connectivity index (χ0) is 14.4. The molecule has 0 aromatic heterocycles. The first kappa shape index (κ1) is 15.6. The molecule has 0 spiro atoms. The van der Waals surface area contributed by atoms with E-state index in [1.807, 2.05) is 6.92 Å². The molecule has 0 radical (unpaired) electrons. The molecular weight excluding hydrogens is 270 g/mol. The maximum Gasteiger partial charge on any atom is 0.303 e. The predicted molar refractivity (Wildman–Crippen MR) is 73.0 cm³/mol. The highest BCUT2D eigenvalue weighted by Crippen LogP contribution is 2.40. The maximum atomic E-state index is 10.6. The van der Waals surface area contributed by atoms with Gasteiger partial charge in [0.05, 0.1) is 13.7 Å². The van der Waals surface area contributed by atoms with E-state index >= 15 is 0 Å². The van der Waals surface area contributed by atoms with E-state index in [4.69, 9.17) is 31.9 Å². The molecule has 0 saturated heterocycles. The lowest BCUT2D eigenvalue weighted by molar-refractivity contribution is -0.137. The van der Waals surface area contributed by atoms with Crippen LogP contribution in [0.4, 0.5) is 0 Å². The first-order chi connectivity index (χ1) is 9.01. The molecule has 0 aliphatic rings. The van der Waals surface area contributed by atoms with Crippen molar-refractivity contribution < 1.29 is 19.4 Å². The van der Waals surface area contributed by atoms with Crippen LogP contribution in [0, 0.1) is 0 Å². The Bertz CT molecular complexity index is 451. The Morgan fingerprint density at radius 1 is 1.53 bits per heavy atom. The van der Waals surface area contributed by atoms with Gasteiger partial charge in [0.1, 0.15) is 0 Å². The van der Waals surface area contributed by atoms with E-state index in [0.29, 0.717) is 28.7 Å². The number of carboxylic acids is 1. The quantitative estimate of drug-likeness (QED) is 0.805. The minimum Gasteiger partial charge on any atom is -0.493 e. The fourth-order valence-corrected chi connectivity index (χ4v) is 2.07. The Balaban J connectivity index is 3.11. The zero-order valence-electron chi connectivity index (χ0n) is 11.0. The summed E-state index contributed by atoms with van der Waals surface area (Å²) in [6.07, 6.45) is 0.253. The Morgan fingerprint density at radius 2 is 2.21 bits per heavy atom. The largest absolute Gasteiger partial charge is 0.493 e. The van der Waals surface area contributed by atoms with Crippen LogP contribution in [0.3, 0.4) is 0 Å². The third kappa shape index (κ3) is 4.01. The van der Waals surface area contributed by atoms with E-state index in [1.54, 1.807) is 12.1 Å². The van der Waals surface area contributed by atoms with E-state index in [-0.39, 0.29) is 12.8 Å². The number of hydrogen-bond donors (Lipinski definition) is 2. The molecule has 106 valence electrons. The van der Waals surface area contributed by atoms with Crippen LogP contribution in [0.5, 0.6) is 11.5 Å². The van der Waals surface area contributed by atoms with Crippen molar-refractivity contribution in [3.8, 4) is 11.5 Å². The van der Waals surface area contributed by atoms with Crippen molar-refractivity contribution in [1.29, 1.82) is 0 Å². The van der Waals surface area contributed by atoms with Crippen molar-refractivity contribution in [2.24, 2.45) is 5.73 Å². The first-order valence-corrected chi connectivity index (χ1v) is 6.35. The number of aliphatic carboxylic acids is 1. The molecular formula is C13H18ClNO4. The van der Waals surface area contributed by atoms with Gasteiger partial charge in [0.25, 0.3) is 0 Å². The zero-order valence-corrected chi connectivity index (χ0v) is 11.7. The van der Waals surface area contributed by atoms with Gasteiger partial charge in [0.15, 0.2) is 11.5 Å². The molecule has 3 N–H and O–H groups in total. The van der Waals surface area contributed by atoms with Gasteiger partial charge in [0.2, 0.25) is 0 Å². The van der Waals surface area contributed by atoms with Gasteiger partial charge in [-0.1, -0.05) is 11.6 Å². The van der Waals surface area contributed by atoms with Crippen LogP contribution in [0.1, 0.15) is 31.4 Å². The molecule has 0 aliphatic carbocycles. The smallest absolute Gasteiger partial charge is 0.303 e. The molecule has 1 aromatic carbocycles. The van der Waals surface area contributed by atoms with Crippen molar-refractivity contribution in [3.05, 3.63) is 22.7 Å². The molecule has 0 aliphatic heterocycles. The molecule has 1 aromatic rings. The van der Waals surface area contributed by atoms with Crippen LogP contribution in [0.15, 0.2) is 12.1 Å². The summed E-state index contributed by atoms with van der Waals surface area (Å²) >= 11 is 6.14. The molecule has 0 fully saturated rings. The van der Waals surface area contributed by atoms with E-state index in [1.165, 1.54) is 7.11 Å². The average Bonchev–Trinajstić information content (AvgIpc) is 2.37. The summed E-state index contributed by atoms with van der Waals surface area (Å²) < 4.78 is 10.7. The van der Waals surface area contributed by atoms with Crippen LogP contribution in [0.25, 0.3) is 0 Å². The minimum absolute atomic E-state index is 0.0275. The second kappa shape index (κ2) is 7.21. The number of carboxylic acid groups (broad SMARTS) is 1. The normalized spacial score (nSPS) is 12.0. The Labute approximate surface area is 117 Å². The van der Waals surface area contributed by atoms with Crippen molar-refractivity contribution in [2.45, 2.75) is 25.8 Å². The maximum absolute atomic E-state index is 10.6. The SMILES string of the molecule is CCOc1c(OC)ccc(Cl)c1C(N)CCC(=O)O. The number of methoxy groups -OCH3 is 1. The average molecular weight is 288 g/mol. The number of hydrogen-bond acceptors (Lipinski definition) is 4. The number of halogens is 1. The lowest BCUT2D eigenvalue weighted by Crippen LogP contribution is -2.15. The van der Waals surface area contributed by atoms with E-state index < -0.39 is 12.0 Å². The predicted octanol–water partition coefficient (Wildman–Crippen LogP) is 2.61. The van der Waals surface area contributed by atoms with Crippen LogP contribution in [0.2, 0.25) is 5.02 Å². The molecule has 0 saturated carbocycles. The highest BCUT2D eigenvalue weighted by Gasteiger charge is 2.20. The van der Waals surface area contributed by atoms with Gasteiger partial charge in [-0.25, -0.2) is 0 Å². The molecule has 19 heavy (non-hydrogen) atoms. The first-order valence-electron chi connectivity index (χ1n) is 5.97. The number of rotatable bonds is 7. The third-order valence-electron chi connectivity index (χ3n) is 2.66. The highest BCUT2D eigenvalue weighted by atomic mass is 35.5. The molecule has 1 rings (SSSR count). The van der Waals surface area contributed by atoms with Gasteiger partial charge in [-0.3, -0.25) is 4.79 Å². The van der Waals surface area contributed by atoms with Gasteiger partial charge in [-0.05, 0) is 25.5 Å². The summed E-state index contributed by atoms with van der Waals surface area (Å²) in [6, 6.07) is 2.85. The van der Waals surface area contributed by atoms with Crippen molar-refractivity contribution in [3.63, 3.8) is 0 Å². The van der Waals surface area contributed by atoms with Crippen molar-refractivity contribution in [2.75, 3.05) is 13.7 Å². The summed E-state index contributed by atoms with van der Waals surface area (Å²) in [5.74, 6) is 0.120. The summed E-state index contributed by atoms with van der Waals surface area (Å²) in [6.45, 7) is 2.28. The van der Waals surface area contributed by atoms with Gasteiger partial charge in [-0.15, -0.1) is 0 Å². The van der Waals surface area contributed by atoms with Crippen LogP contribution in [-0.4, -0.2) is 24.8 Å². The lowest BCUT2D eigenvalue weighted by atomic mass is 10.0. The summed E-state index contributed by atoms with van der Waals surface area (Å²) in [5.41, 5.74) is 6.60. The number of ether oxygens (including phenoxy) is 2. The fraction of sp³-hybridized carbons (Fsp3) is 0.462. The van der Waals surface area contributed by atoms with Crippen molar-refractivity contribution >= 4 is 17.6 Å². The Hall–Kier alpha value is -1.46. The van der Waals surface area contributed by atoms with Crippen LogP contribution >= 0.6 is 11.6 Å². The second-order valence-corrected chi connectivity index (χ2v) is 4.37. The Morgan fingerprint density at radius 3 is 2.74 bits per heavy atom. The lowest BCUT2D eigenvalue weighted by Gasteiger charge is -2.19. The number of nitrogens with two attached hydrogens (primary N) is 1. The molecule has 1 unspecified atom stereocenters. The third-order valence-corrected chi connectivity index (χ3v) is 2.98. The summed E-state index contributed by atoms with van der Waals surface area (Å²) in [7, 11) is 1.53. The summed E-state index contributed by atoms with van der Waals surface area (Å²) in [5, 5.41) is 9.15. The number of benzene rings is 1. The summed E-state index contributed by atoms with van der Waals surface area (Å²) in [4.78, 5) is 10.6. The molecule has 5 nitrogen and oxygen atoms in total. The molecule has 1 atom stereocenters. The van der Waals surface area contributed by atoms with Crippen LogP contribution in [-0.2, 0) is 4.79 Å². The highest BCUT2D eigenvalue weighted by molar-refractivity contribution is 6.31. The fourth-order valence-electron chi connectivity index (χ4n) is 1.78. The van der Waals surface area contributed by atoms with E-state index in [2.05, 4.69) is 0 Å². The topological polar surface area (TPSA) is 81.8 Å². The Kier molecular flexibility index (Phi) is 5.92. The molecule has 0 amide bonds. The minimum atomic E-state index is -0.896. The van der Waals surface area contributed by atoms with Crippen molar-refractivity contribution in [1.82, 2.24) is 0 Å². The van der Waals surface area contributed by atoms with E-state index in [0.717, 1.165) is 0 Å². The van der Waals surface area contributed by atoms with Crippen LogP contribution < -0.4 is 15.2 Å². The second-order valence-electron chi connectivity index (χ2n) is 3.96. The van der Waals surface area contributed by atoms with Gasteiger partial charge >= 0.3 is 5.97 Å². The monoisotopic (exact) mass is 287 g/mol. The van der Waals surface area contributed by atoms with E-state index in [9.17, 15) is 4.79 Å². The molecule has 6 heteroatoms. The van der Waals surface area contributed by atoms with Gasteiger partial charge in [-0.2, -0.15) is 0 Å². The van der Waals surface area contributed by atoms with Gasteiger partial charge < -0.3 is 20.3 Å². The standard InChI is InChI=1S/C13H18ClNO4/c1-3-19-13-10(18-2)6-4-8(14)12(13)9(15)5-7-11(16)17/h4,6,9H,3,5,7,15H2,1-2H3,(H,16,17). The number of carbonyl (C=O) groups is 1. The molecule has 0 heterocycles.